The predicted octanol–water partition coefficient (Wildman–Crippen LogP) is 9.11. The van der Waals surface area contributed by atoms with Crippen molar-refractivity contribution in [2.45, 2.75) is 116 Å². The third-order valence-corrected chi connectivity index (χ3v) is 15.0. The smallest absolute Gasteiger partial charge is 0.230 e. The van der Waals surface area contributed by atoms with Crippen molar-refractivity contribution in [3.8, 4) is 10.4 Å². The van der Waals surface area contributed by atoms with Crippen LogP contribution in [0.15, 0.2) is 36.4 Å². The van der Waals surface area contributed by atoms with Crippen LogP contribution in [-0.2, 0) is 9.22 Å². The first kappa shape index (κ1) is 29.2. The monoisotopic (exact) mass is 553 g/mol. The van der Waals surface area contributed by atoms with Gasteiger partial charge in [0.25, 0.3) is 0 Å². The van der Waals surface area contributed by atoms with Crippen molar-refractivity contribution in [2.75, 3.05) is 4.90 Å². The molecule has 38 heavy (non-hydrogen) atoms. The Morgan fingerprint density at radius 2 is 1.55 bits per heavy atom. The van der Waals surface area contributed by atoms with Gasteiger partial charge in [-0.15, -0.1) is 11.3 Å². The normalized spacial score (nSPS) is 24.7. The summed E-state index contributed by atoms with van der Waals surface area (Å²) in [6.45, 7) is 15.5. The summed E-state index contributed by atoms with van der Waals surface area (Å²) in [5.41, 5.74) is 1.93. The molecule has 0 bridgehead atoms. The number of rotatable bonds is 7. The first-order chi connectivity index (χ1) is 17.9. The van der Waals surface area contributed by atoms with Gasteiger partial charge < -0.3 is 9.33 Å². The molecule has 0 aliphatic heterocycles. The molecule has 2 aliphatic rings. The molecule has 1 aromatic carbocycles. The van der Waals surface area contributed by atoms with Crippen molar-refractivity contribution in [3.05, 3.63) is 41.3 Å². The van der Waals surface area contributed by atoms with Crippen LogP contribution in [0.5, 0.6) is 0 Å². The number of hydrogen-bond donors (Lipinski definition) is 0. The number of thiophene rings is 1. The van der Waals surface area contributed by atoms with Gasteiger partial charge in [0, 0.05) is 29.9 Å². The average Bonchev–Trinajstić information content (AvgIpc) is 3.31. The molecule has 0 N–H and O–H groups in total. The minimum atomic E-state index is -1.84. The Morgan fingerprint density at radius 3 is 2.11 bits per heavy atom. The molecule has 2 saturated carbocycles. The molecule has 4 rings (SSSR count). The van der Waals surface area contributed by atoms with Crippen molar-refractivity contribution >= 4 is 37.0 Å². The lowest BCUT2D eigenvalue weighted by molar-refractivity contribution is -0.124. The maximum Gasteiger partial charge on any atom is 0.230 e. The van der Waals surface area contributed by atoms with Gasteiger partial charge in [0.05, 0.1) is 10.6 Å². The van der Waals surface area contributed by atoms with E-state index < -0.39 is 8.32 Å². The number of Topliss-reactive ketones (excluding diaryl/α,β-unsaturated/α-hetero) is 1. The van der Waals surface area contributed by atoms with Gasteiger partial charge in [-0.1, -0.05) is 58.0 Å². The van der Waals surface area contributed by atoms with E-state index in [1.165, 1.54) is 11.3 Å². The van der Waals surface area contributed by atoms with E-state index in [2.05, 4.69) is 63.9 Å². The van der Waals surface area contributed by atoms with Crippen molar-refractivity contribution in [1.29, 1.82) is 0 Å². The molecule has 6 heteroatoms. The van der Waals surface area contributed by atoms with Crippen molar-refractivity contribution in [3.63, 3.8) is 0 Å². The van der Waals surface area contributed by atoms with Crippen molar-refractivity contribution in [2.24, 2.45) is 11.8 Å². The predicted molar refractivity (Wildman–Crippen MR) is 163 cm³/mol. The van der Waals surface area contributed by atoms with E-state index in [0.717, 1.165) is 67.5 Å². The summed E-state index contributed by atoms with van der Waals surface area (Å²) in [5, 5.41) is 0.185. The third kappa shape index (κ3) is 6.51. The van der Waals surface area contributed by atoms with Gasteiger partial charge in [-0.05, 0) is 87.0 Å². The maximum absolute atomic E-state index is 14.3. The summed E-state index contributed by atoms with van der Waals surface area (Å²) >= 11 is 1.53. The lowest BCUT2D eigenvalue weighted by atomic mass is 9.81. The van der Waals surface area contributed by atoms with Crippen molar-refractivity contribution < 1.29 is 14.0 Å². The summed E-state index contributed by atoms with van der Waals surface area (Å²) in [7, 11) is -1.84. The number of amides is 1. The Morgan fingerprint density at radius 1 is 0.947 bits per heavy atom. The molecule has 2 aromatic rings. The molecule has 208 valence electrons. The van der Waals surface area contributed by atoms with Crippen LogP contribution in [0.1, 0.15) is 95.7 Å². The Kier molecular flexibility index (Phi) is 9.05. The second kappa shape index (κ2) is 11.8. The highest BCUT2D eigenvalue weighted by atomic mass is 32.1. The summed E-state index contributed by atoms with van der Waals surface area (Å²) < 4.78 is 6.77. The number of nitrogens with zero attached hydrogens (tertiary/aromatic N) is 1. The van der Waals surface area contributed by atoms with Crippen LogP contribution in [0, 0.1) is 11.8 Å². The zero-order valence-electron chi connectivity index (χ0n) is 24.5. The topological polar surface area (TPSA) is 46.6 Å². The molecule has 0 saturated heterocycles. The Balaban J connectivity index is 1.63. The van der Waals surface area contributed by atoms with Gasteiger partial charge in [-0.3, -0.25) is 9.59 Å². The van der Waals surface area contributed by atoms with Gasteiger partial charge in [0.15, 0.2) is 14.1 Å². The van der Waals surface area contributed by atoms with E-state index in [1.807, 2.05) is 18.2 Å². The molecule has 1 amide bonds. The summed E-state index contributed by atoms with van der Waals surface area (Å²) in [4.78, 5) is 31.0. The van der Waals surface area contributed by atoms with Gasteiger partial charge in [-0.2, -0.15) is 0 Å². The number of ketones is 1. The molecular formula is C32H47NO3SSi. The van der Waals surface area contributed by atoms with Gasteiger partial charge >= 0.3 is 0 Å². The third-order valence-electron chi connectivity index (χ3n) is 9.23. The van der Waals surface area contributed by atoms with Crippen LogP contribution in [-0.4, -0.2) is 32.2 Å². The van der Waals surface area contributed by atoms with Crippen LogP contribution in [0.3, 0.4) is 0 Å². The highest BCUT2D eigenvalue weighted by Crippen LogP contribution is 2.43. The van der Waals surface area contributed by atoms with Gasteiger partial charge in [-0.25, -0.2) is 0 Å². The molecule has 2 fully saturated rings. The maximum atomic E-state index is 14.3. The van der Waals surface area contributed by atoms with Gasteiger partial charge in [0.1, 0.15) is 0 Å². The Hall–Kier alpha value is -1.76. The Bertz CT molecular complexity index is 1100. The summed E-state index contributed by atoms with van der Waals surface area (Å²) in [5.74, 6) is 1.00. The second-order valence-electron chi connectivity index (χ2n) is 13.2. The van der Waals surface area contributed by atoms with Crippen LogP contribution in [0.4, 0.5) is 5.69 Å². The van der Waals surface area contributed by atoms with Crippen LogP contribution < -0.4 is 4.90 Å². The lowest BCUT2D eigenvalue weighted by Gasteiger charge is -2.43. The molecular weight excluding hydrogens is 507 g/mol. The minimum Gasteiger partial charge on any atom is -0.414 e. The summed E-state index contributed by atoms with van der Waals surface area (Å²) in [6.07, 6.45) is 8.14. The lowest BCUT2D eigenvalue weighted by Crippen LogP contribution is -2.49. The van der Waals surface area contributed by atoms with E-state index in [9.17, 15) is 9.59 Å². The SMILES string of the molecule is CC(=O)c1sc(-c2ccccc2)cc1N(C(=O)C1CCC(C)CC1)C1CCC(O[Si](C)(C)C(C)(C)C)CC1. The number of benzene rings is 1. The molecule has 4 nitrogen and oxygen atoms in total. The van der Waals surface area contributed by atoms with E-state index >= 15 is 0 Å². The van der Waals surface area contributed by atoms with Crippen LogP contribution in [0.2, 0.25) is 18.1 Å². The molecule has 0 unspecified atom stereocenters. The molecule has 2 aliphatic carbocycles. The fourth-order valence-corrected chi connectivity index (χ4v) is 8.24. The Labute approximate surface area is 235 Å². The molecule has 0 atom stereocenters. The molecule has 0 spiro atoms. The van der Waals surface area contributed by atoms with Crippen LogP contribution in [0.25, 0.3) is 10.4 Å². The zero-order chi connectivity index (χ0) is 27.7. The van der Waals surface area contributed by atoms with E-state index in [4.69, 9.17) is 4.43 Å². The van der Waals surface area contributed by atoms with Crippen LogP contribution >= 0.6 is 11.3 Å². The summed E-state index contributed by atoms with van der Waals surface area (Å²) in [6, 6.07) is 12.4. The number of anilines is 1. The van der Waals surface area contributed by atoms with Gasteiger partial charge in [0.2, 0.25) is 5.91 Å². The van der Waals surface area contributed by atoms with E-state index in [-0.39, 0.29) is 34.8 Å². The number of carbonyl (C=O) groups excluding carboxylic acids is 2. The molecule has 1 heterocycles. The fourth-order valence-electron chi connectivity index (χ4n) is 5.77. The standard InChI is InChI=1S/C32H47NO3SSi/c1-22-13-15-25(16-14-22)31(35)33(26-17-19-27(20-18-26)36-38(6,7)32(3,4)5)28-21-29(37-30(28)23(2)34)24-11-9-8-10-12-24/h8-12,21-22,25-27H,13-20H2,1-7H3. The second-order valence-corrected chi connectivity index (χ2v) is 19.0. The van der Waals surface area contributed by atoms with Crippen molar-refractivity contribution in [1.82, 2.24) is 0 Å². The quantitative estimate of drug-likeness (QED) is 0.254. The first-order valence-electron chi connectivity index (χ1n) is 14.6. The number of hydrogen-bond acceptors (Lipinski definition) is 4. The van der Waals surface area contributed by atoms with E-state index in [0.29, 0.717) is 10.8 Å². The zero-order valence-corrected chi connectivity index (χ0v) is 26.3. The van der Waals surface area contributed by atoms with E-state index in [1.54, 1.807) is 6.92 Å². The minimum absolute atomic E-state index is 0.0391. The highest BCUT2D eigenvalue weighted by molar-refractivity contribution is 7.18. The fraction of sp³-hybridized carbons (Fsp3) is 0.625. The highest BCUT2D eigenvalue weighted by Gasteiger charge is 2.42. The number of carbonyl (C=O) groups is 2. The average molecular weight is 554 g/mol. The molecule has 1 aromatic heterocycles. The first-order valence-corrected chi connectivity index (χ1v) is 18.3. The molecule has 0 radical (unpaired) electrons. The largest absolute Gasteiger partial charge is 0.414 e.